The molecule has 3 nitrogen and oxygen atoms in total. The van der Waals surface area contributed by atoms with E-state index in [0.717, 1.165) is 5.39 Å². The molecule has 1 heterocycles. The molecular formula is C9H6NO2S. The van der Waals surface area contributed by atoms with Crippen molar-refractivity contribution in [1.29, 1.82) is 0 Å². The van der Waals surface area contributed by atoms with Crippen LogP contribution in [-0.4, -0.2) is 13.4 Å². The predicted octanol–water partition coefficient (Wildman–Crippen LogP) is 1.01. The fourth-order valence-electron chi connectivity index (χ4n) is 1.18. The van der Waals surface area contributed by atoms with Crippen molar-refractivity contribution >= 4 is 21.5 Å². The molecule has 1 radical (unpaired) electrons. The van der Waals surface area contributed by atoms with Gasteiger partial charge in [-0.15, -0.1) is 0 Å². The van der Waals surface area contributed by atoms with Gasteiger partial charge in [0.15, 0.2) is 15.7 Å². The molecule has 4 heteroatoms. The minimum absolute atomic E-state index is 0.115. The Morgan fingerprint density at radius 2 is 2.15 bits per heavy atom. The zero-order chi connectivity index (χ0) is 9.26. The predicted molar refractivity (Wildman–Crippen MR) is 49.2 cm³/mol. The Morgan fingerprint density at radius 1 is 1.31 bits per heavy atom. The number of hydrogen-bond donors (Lipinski definition) is 1. The SMILES string of the molecule is O=[SH](=O)c1nccc2[c]cccc12. The number of benzene rings is 1. The van der Waals surface area contributed by atoms with E-state index < -0.39 is 10.7 Å². The number of thiol groups is 1. The second-order valence-corrected chi connectivity index (χ2v) is 3.46. The van der Waals surface area contributed by atoms with Gasteiger partial charge in [-0.2, -0.15) is 0 Å². The standard InChI is InChI=1S/C9H6NO2S/c11-13(12)9-8-4-2-1-3-7(8)5-6-10-9/h1-2,4-6,13H. The van der Waals surface area contributed by atoms with Crippen molar-refractivity contribution in [3.05, 3.63) is 36.5 Å². The van der Waals surface area contributed by atoms with Crippen molar-refractivity contribution < 1.29 is 8.42 Å². The average Bonchev–Trinajstić information content (AvgIpc) is 2.17. The maximum atomic E-state index is 10.8. The molecule has 0 fully saturated rings. The summed E-state index contributed by atoms with van der Waals surface area (Å²) < 4.78 is 21.6. The Labute approximate surface area is 77.0 Å². The lowest BCUT2D eigenvalue weighted by atomic mass is 10.2. The van der Waals surface area contributed by atoms with Crippen molar-refractivity contribution in [2.45, 2.75) is 5.03 Å². The van der Waals surface area contributed by atoms with Crippen LogP contribution in [0.25, 0.3) is 10.8 Å². The van der Waals surface area contributed by atoms with Crippen LogP contribution in [0, 0.1) is 6.07 Å². The summed E-state index contributed by atoms with van der Waals surface area (Å²) >= 11 is 0. The summed E-state index contributed by atoms with van der Waals surface area (Å²) in [5.41, 5.74) is 0. The van der Waals surface area contributed by atoms with Crippen molar-refractivity contribution in [3.63, 3.8) is 0 Å². The maximum Gasteiger partial charge on any atom is 0.186 e. The minimum Gasteiger partial charge on any atom is -0.244 e. The molecule has 0 saturated heterocycles. The summed E-state index contributed by atoms with van der Waals surface area (Å²) in [4.78, 5) is 3.79. The summed E-state index contributed by atoms with van der Waals surface area (Å²) in [7, 11) is -2.63. The highest BCUT2D eigenvalue weighted by molar-refractivity contribution is 7.72. The molecule has 0 N–H and O–H groups in total. The molecule has 65 valence electrons. The van der Waals surface area contributed by atoms with Gasteiger partial charge in [0.05, 0.1) is 0 Å². The van der Waals surface area contributed by atoms with Gasteiger partial charge in [0.2, 0.25) is 0 Å². The van der Waals surface area contributed by atoms with Crippen molar-refractivity contribution in [1.82, 2.24) is 4.98 Å². The molecule has 0 aliphatic heterocycles. The Morgan fingerprint density at radius 3 is 2.92 bits per heavy atom. The Bertz CT molecular complexity index is 507. The smallest absolute Gasteiger partial charge is 0.186 e. The summed E-state index contributed by atoms with van der Waals surface area (Å²) in [6.07, 6.45) is 1.47. The van der Waals surface area contributed by atoms with Crippen LogP contribution in [0.15, 0.2) is 35.5 Å². The molecule has 0 aliphatic carbocycles. The lowest BCUT2D eigenvalue weighted by molar-refractivity contribution is 0.612. The molecular weight excluding hydrogens is 186 g/mol. The summed E-state index contributed by atoms with van der Waals surface area (Å²) in [5.74, 6) is 0. The van der Waals surface area contributed by atoms with Gasteiger partial charge in [-0.05, 0) is 17.5 Å². The first-order chi connectivity index (χ1) is 6.29. The fourth-order valence-corrected chi connectivity index (χ4v) is 1.73. The molecule has 0 atom stereocenters. The van der Waals surface area contributed by atoms with Crippen LogP contribution in [-0.2, 0) is 10.7 Å². The monoisotopic (exact) mass is 192 g/mol. The second-order valence-electron chi connectivity index (χ2n) is 2.52. The number of pyridine rings is 1. The highest BCUT2D eigenvalue weighted by atomic mass is 32.2. The van der Waals surface area contributed by atoms with E-state index in [1.165, 1.54) is 6.20 Å². The fraction of sp³-hybridized carbons (Fsp3) is 0. The third-order valence-electron chi connectivity index (χ3n) is 1.74. The van der Waals surface area contributed by atoms with Gasteiger partial charge in [0.1, 0.15) is 0 Å². The molecule has 0 bridgehead atoms. The van der Waals surface area contributed by atoms with Gasteiger partial charge < -0.3 is 0 Å². The van der Waals surface area contributed by atoms with Crippen LogP contribution in [0.5, 0.6) is 0 Å². The number of rotatable bonds is 1. The number of fused-ring (bicyclic) bond motifs is 1. The molecule has 0 spiro atoms. The summed E-state index contributed by atoms with van der Waals surface area (Å²) in [6.45, 7) is 0. The zero-order valence-electron chi connectivity index (χ0n) is 6.60. The molecule has 0 aliphatic rings. The van der Waals surface area contributed by atoms with E-state index in [4.69, 9.17) is 0 Å². The molecule has 0 unspecified atom stereocenters. The van der Waals surface area contributed by atoms with Gasteiger partial charge in [-0.1, -0.05) is 18.2 Å². The summed E-state index contributed by atoms with van der Waals surface area (Å²) in [5, 5.41) is 1.51. The maximum absolute atomic E-state index is 10.8. The molecule has 1 aromatic heterocycles. The second kappa shape index (κ2) is 3.14. The van der Waals surface area contributed by atoms with E-state index in [-0.39, 0.29) is 5.03 Å². The van der Waals surface area contributed by atoms with Crippen LogP contribution in [0.2, 0.25) is 0 Å². The molecule has 13 heavy (non-hydrogen) atoms. The van der Waals surface area contributed by atoms with Crippen LogP contribution in [0.1, 0.15) is 0 Å². The third-order valence-corrected chi connectivity index (χ3v) is 2.44. The van der Waals surface area contributed by atoms with E-state index in [2.05, 4.69) is 11.1 Å². The number of hydrogen-bond acceptors (Lipinski definition) is 3. The van der Waals surface area contributed by atoms with E-state index in [1.54, 1.807) is 24.3 Å². The quantitative estimate of drug-likeness (QED) is 0.686. The summed E-state index contributed by atoms with van der Waals surface area (Å²) in [6, 6.07) is 9.88. The minimum atomic E-state index is -2.63. The lowest BCUT2D eigenvalue weighted by Crippen LogP contribution is -1.87. The molecule has 0 amide bonds. The van der Waals surface area contributed by atoms with Crippen molar-refractivity contribution in [3.8, 4) is 0 Å². The first-order valence-corrected chi connectivity index (χ1v) is 4.86. The molecule has 2 aromatic rings. The Hall–Kier alpha value is -1.42. The van der Waals surface area contributed by atoms with Gasteiger partial charge in [-0.3, -0.25) is 0 Å². The highest BCUT2D eigenvalue weighted by Crippen LogP contribution is 2.16. The topological polar surface area (TPSA) is 47.0 Å². The molecule has 1 aromatic carbocycles. The van der Waals surface area contributed by atoms with E-state index in [9.17, 15) is 8.42 Å². The largest absolute Gasteiger partial charge is 0.244 e. The van der Waals surface area contributed by atoms with Crippen LogP contribution < -0.4 is 0 Å². The van der Waals surface area contributed by atoms with E-state index in [1.807, 2.05) is 0 Å². The normalized spacial score (nSPS) is 10.8. The number of aromatic nitrogens is 1. The Balaban J connectivity index is 2.91. The van der Waals surface area contributed by atoms with Crippen LogP contribution in [0.3, 0.4) is 0 Å². The zero-order valence-corrected chi connectivity index (χ0v) is 7.49. The van der Waals surface area contributed by atoms with Gasteiger partial charge >= 0.3 is 0 Å². The number of nitrogens with zero attached hydrogens (tertiary/aromatic N) is 1. The van der Waals surface area contributed by atoms with Gasteiger partial charge in [0, 0.05) is 11.6 Å². The van der Waals surface area contributed by atoms with Crippen molar-refractivity contribution in [2.75, 3.05) is 0 Å². The molecule has 0 saturated carbocycles. The van der Waals surface area contributed by atoms with Gasteiger partial charge in [-0.25, -0.2) is 13.4 Å². The first kappa shape index (κ1) is 8.19. The van der Waals surface area contributed by atoms with Crippen LogP contribution in [0.4, 0.5) is 0 Å². The molecule has 2 rings (SSSR count). The van der Waals surface area contributed by atoms with Gasteiger partial charge in [0.25, 0.3) is 0 Å². The highest BCUT2D eigenvalue weighted by Gasteiger charge is 2.02. The van der Waals surface area contributed by atoms with Crippen LogP contribution >= 0.6 is 0 Å². The van der Waals surface area contributed by atoms with Crippen molar-refractivity contribution in [2.24, 2.45) is 0 Å². The average molecular weight is 192 g/mol. The third kappa shape index (κ3) is 1.40. The van der Waals surface area contributed by atoms with E-state index in [0.29, 0.717) is 5.39 Å². The Kier molecular flexibility index (Phi) is 1.98. The van der Waals surface area contributed by atoms with E-state index >= 15 is 0 Å². The first-order valence-electron chi connectivity index (χ1n) is 3.69. The lowest BCUT2D eigenvalue weighted by Gasteiger charge is -1.97.